The zero-order valence-corrected chi connectivity index (χ0v) is 10.2. The highest BCUT2D eigenvalue weighted by Crippen LogP contribution is 2.12. The van der Waals surface area contributed by atoms with Crippen molar-refractivity contribution < 1.29 is 4.74 Å². The lowest BCUT2D eigenvalue weighted by Gasteiger charge is -2.11. The van der Waals surface area contributed by atoms with Crippen molar-refractivity contribution >= 4 is 0 Å². The van der Waals surface area contributed by atoms with Crippen LogP contribution < -0.4 is 15.8 Å². The first-order valence-electron chi connectivity index (χ1n) is 5.85. The Morgan fingerprint density at radius 2 is 2.25 bits per heavy atom. The number of nitrogens with one attached hydrogen (secondary N) is 1. The fourth-order valence-electron chi connectivity index (χ4n) is 1.40. The van der Waals surface area contributed by atoms with E-state index in [1.165, 1.54) is 5.56 Å². The smallest absolute Gasteiger partial charge is 0.119 e. The van der Waals surface area contributed by atoms with Gasteiger partial charge in [-0.25, -0.2) is 0 Å². The van der Waals surface area contributed by atoms with E-state index in [0.717, 1.165) is 25.3 Å². The molecule has 0 aliphatic rings. The van der Waals surface area contributed by atoms with E-state index < -0.39 is 0 Å². The number of hydrogen-bond donors (Lipinski definition) is 2. The van der Waals surface area contributed by atoms with Gasteiger partial charge >= 0.3 is 0 Å². The van der Waals surface area contributed by atoms with Crippen LogP contribution in [0.4, 0.5) is 0 Å². The molecule has 3 heteroatoms. The van der Waals surface area contributed by atoms with E-state index in [1.54, 1.807) is 0 Å². The Labute approximate surface area is 98.0 Å². The molecule has 0 saturated carbocycles. The van der Waals surface area contributed by atoms with Gasteiger partial charge in [0.15, 0.2) is 0 Å². The van der Waals surface area contributed by atoms with E-state index >= 15 is 0 Å². The molecule has 0 bridgehead atoms. The van der Waals surface area contributed by atoms with Gasteiger partial charge in [0.25, 0.3) is 0 Å². The van der Waals surface area contributed by atoms with Crippen molar-refractivity contribution in [3.63, 3.8) is 0 Å². The molecule has 0 aliphatic carbocycles. The molecule has 90 valence electrons. The highest BCUT2D eigenvalue weighted by Gasteiger charge is 1.97. The first-order chi connectivity index (χ1) is 7.72. The number of ether oxygens (including phenoxy) is 1. The largest absolute Gasteiger partial charge is 0.494 e. The molecule has 0 unspecified atom stereocenters. The zero-order chi connectivity index (χ0) is 11.8. The fraction of sp³-hybridized carbons (Fsp3) is 0.538. The Hall–Kier alpha value is -1.06. The summed E-state index contributed by atoms with van der Waals surface area (Å²) in [6.07, 6.45) is 0.998. The third kappa shape index (κ3) is 5.14. The summed E-state index contributed by atoms with van der Waals surface area (Å²) in [6.45, 7) is 6.52. The molecule has 1 rings (SSSR count). The fourth-order valence-corrected chi connectivity index (χ4v) is 1.40. The second kappa shape index (κ2) is 7.25. The average Bonchev–Trinajstić information content (AvgIpc) is 2.28. The van der Waals surface area contributed by atoms with Crippen LogP contribution in [0.25, 0.3) is 0 Å². The predicted octanol–water partition coefficient (Wildman–Crippen LogP) is 1.70. The SMILES string of the molecule is Cc1cccc(OCCCN[C@@H](C)CN)c1. The molecular formula is C13H22N2O. The summed E-state index contributed by atoms with van der Waals surface area (Å²) in [5.74, 6) is 0.951. The van der Waals surface area contributed by atoms with Crippen LogP contribution >= 0.6 is 0 Å². The van der Waals surface area contributed by atoms with Crippen molar-refractivity contribution in [3.8, 4) is 5.75 Å². The van der Waals surface area contributed by atoms with Gasteiger partial charge in [0.2, 0.25) is 0 Å². The van der Waals surface area contributed by atoms with E-state index in [0.29, 0.717) is 12.6 Å². The summed E-state index contributed by atoms with van der Waals surface area (Å²) in [5.41, 5.74) is 6.73. The Morgan fingerprint density at radius 3 is 2.94 bits per heavy atom. The van der Waals surface area contributed by atoms with E-state index in [4.69, 9.17) is 10.5 Å². The lowest BCUT2D eigenvalue weighted by molar-refractivity contribution is 0.305. The molecule has 0 fully saturated rings. The Bertz CT molecular complexity index is 302. The maximum atomic E-state index is 5.63. The van der Waals surface area contributed by atoms with E-state index in [-0.39, 0.29) is 0 Å². The van der Waals surface area contributed by atoms with Gasteiger partial charge in [0, 0.05) is 12.6 Å². The van der Waals surface area contributed by atoms with Crippen LogP contribution in [0.15, 0.2) is 24.3 Å². The Balaban J connectivity index is 2.12. The van der Waals surface area contributed by atoms with Crippen LogP contribution in [0.3, 0.4) is 0 Å². The van der Waals surface area contributed by atoms with Crippen molar-refractivity contribution in [1.29, 1.82) is 0 Å². The first kappa shape index (κ1) is 13.0. The molecule has 0 amide bonds. The summed E-state index contributed by atoms with van der Waals surface area (Å²) in [6, 6.07) is 8.51. The lowest BCUT2D eigenvalue weighted by Crippen LogP contribution is -2.34. The summed E-state index contributed by atoms with van der Waals surface area (Å²) in [4.78, 5) is 0. The molecule has 0 saturated heterocycles. The molecule has 0 aliphatic heterocycles. The van der Waals surface area contributed by atoms with E-state index in [1.807, 2.05) is 12.1 Å². The number of hydrogen-bond acceptors (Lipinski definition) is 3. The first-order valence-corrected chi connectivity index (χ1v) is 5.85. The lowest BCUT2D eigenvalue weighted by atomic mass is 10.2. The molecule has 3 N–H and O–H groups in total. The van der Waals surface area contributed by atoms with E-state index in [2.05, 4.69) is 31.3 Å². The molecule has 0 heterocycles. The second-order valence-electron chi connectivity index (χ2n) is 4.11. The molecule has 0 radical (unpaired) electrons. The third-order valence-corrected chi connectivity index (χ3v) is 2.43. The number of aryl methyl sites for hydroxylation is 1. The van der Waals surface area contributed by atoms with Crippen LogP contribution in [-0.4, -0.2) is 25.7 Å². The highest BCUT2D eigenvalue weighted by molar-refractivity contribution is 5.27. The Morgan fingerprint density at radius 1 is 1.44 bits per heavy atom. The van der Waals surface area contributed by atoms with Gasteiger partial charge in [0.1, 0.15) is 5.75 Å². The maximum Gasteiger partial charge on any atom is 0.119 e. The molecule has 0 aromatic heterocycles. The molecular weight excluding hydrogens is 200 g/mol. The van der Waals surface area contributed by atoms with E-state index in [9.17, 15) is 0 Å². The molecule has 0 spiro atoms. The van der Waals surface area contributed by atoms with Crippen LogP contribution in [0.1, 0.15) is 18.9 Å². The quantitative estimate of drug-likeness (QED) is 0.690. The third-order valence-electron chi connectivity index (χ3n) is 2.43. The minimum Gasteiger partial charge on any atom is -0.494 e. The zero-order valence-electron chi connectivity index (χ0n) is 10.2. The molecule has 1 atom stereocenters. The van der Waals surface area contributed by atoms with Crippen LogP contribution in [0.5, 0.6) is 5.75 Å². The minimum absolute atomic E-state index is 0.388. The minimum atomic E-state index is 0.388. The molecule has 1 aromatic carbocycles. The molecule has 1 aromatic rings. The maximum absolute atomic E-state index is 5.63. The molecule has 3 nitrogen and oxygen atoms in total. The van der Waals surface area contributed by atoms with Crippen LogP contribution in [0, 0.1) is 6.92 Å². The second-order valence-corrected chi connectivity index (χ2v) is 4.11. The van der Waals surface area contributed by atoms with Gasteiger partial charge < -0.3 is 15.8 Å². The van der Waals surface area contributed by atoms with Gasteiger partial charge in [-0.2, -0.15) is 0 Å². The normalized spacial score (nSPS) is 12.4. The van der Waals surface area contributed by atoms with Gasteiger partial charge in [-0.15, -0.1) is 0 Å². The number of benzene rings is 1. The summed E-state index contributed by atoms with van der Waals surface area (Å²) in [7, 11) is 0. The monoisotopic (exact) mass is 222 g/mol. The summed E-state index contributed by atoms with van der Waals surface area (Å²) in [5, 5.41) is 3.32. The van der Waals surface area contributed by atoms with Crippen LogP contribution in [0.2, 0.25) is 0 Å². The van der Waals surface area contributed by atoms with Gasteiger partial charge in [-0.3, -0.25) is 0 Å². The van der Waals surface area contributed by atoms with Crippen molar-refractivity contribution in [3.05, 3.63) is 29.8 Å². The summed E-state index contributed by atoms with van der Waals surface area (Å²) < 4.78 is 5.63. The average molecular weight is 222 g/mol. The van der Waals surface area contributed by atoms with Crippen LogP contribution in [-0.2, 0) is 0 Å². The Kier molecular flexibility index (Phi) is 5.90. The van der Waals surface area contributed by atoms with Crippen molar-refractivity contribution in [2.75, 3.05) is 19.7 Å². The summed E-state index contributed by atoms with van der Waals surface area (Å²) >= 11 is 0. The van der Waals surface area contributed by atoms with Gasteiger partial charge in [-0.05, 0) is 44.5 Å². The van der Waals surface area contributed by atoms with Crippen molar-refractivity contribution in [1.82, 2.24) is 5.32 Å². The number of rotatable bonds is 7. The highest BCUT2D eigenvalue weighted by atomic mass is 16.5. The van der Waals surface area contributed by atoms with Crippen molar-refractivity contribution in [2.24, 2.45) is 5.73 Å². The number of nitrogens with two attached hydrogens (primary N) is 1. The molecule has 16 heavy (non-hydrogen) atoms. The van der Waals surface area contributed by atoms with Crippen molar-refractivity contribution in [2.45, 2.75) is 26.3 Å². The van der Waals surface area contributed by atoms with Gasteiger partial charge in [0.05, 0.1) is 6.61 Å². The standard InChI is InChI=1S/C13H22N2O/c1-11-5-3-6-13(9-11)16-8-4-7-15-12(2)10-14/h3,5-6,9,12,15H,4,7-8,10,14H2,1-2H3/t12-/m0/s1. The topological polar surface area (TPSA) is 47.3 Å². The predicted molar refractivity (Wildman–Crippen MR) is 67.8 cm³/mol. The van der Waals surface area contributed by atoms with Gasteiger partial charge in [-0.1, -0.05) is 12.1 Å².